The second-order valence-electron chi connectivity index (χ2n) is 4.02. The van der Waals surface area contributed by atoms with Crippen molar-refractivity contribution in [2.45, 2.75) is 12.8 Å². The number of aromatic nitrogens is 1. The lowest BCUT2D eigenvalue weighted by molar-refractivity contribution is 0.232. The Bertz CT molecular complexity index is 350. The third-order valence-corrected chi connectivity index (χ3v) is 2.79. The Hall–Kier alpha value is -1.49. The molecule has 0 atom stereocenters. The smallest absolute Gasteiger partial charge is 0.215 e. The third kappa shape index (κ3) is 2.76. The fourth-order valence-electron chi connectivity index (χ4n) is 1.83. The van der Waals surface area contributed by atoms with Crippen LogP contribution < -0.4 is 16.2 Å². The van der Waals surface area contributed by atoms with Gasteiger partial charge in [-0.15, -0.1) is 0 Å². The zero-order valence-corrected chi connectivity index (χ0v) is 9.35. The Morgan fingerprint density at radius 1 is 1.25 bits per heavy atom. The van der Waals surface area contributed by atoms with Gasteiger partial charge >= 0.3 is 0 Å². The molecule has 0 unspecified atom stereocenters. The number of hydrogen-bond acceptors (Lipinski definition) is 5. The molecule has 4 N–H and O–H groups in total. The van der Waals surface area contributed by atoms with Crippen LogP contribution in [0.15, 0.2) is 12.1 Å². The van der Waals surface area contributed by atoms with Crippen molar-refractivity contribution in [3.8, 4) is 5.88 Å². The number of nitrogens with two attached hydrogens (primary N) is 2. The highest BCUT2D eigenvalue weighted by Gasteiger charge is 2.10. The highest BCUT2D eigenvalue weighted by molar-refractivity contribution is 5.58. The summed E-state index contributed by atoms with van der Waals surface area (Å²) in [4.78, 5) is 6.44. The van der Waals surface area contributed by atoms with Gasteiger partial charge in [0.15, 0.2) is 5.82 Å². The van der Waals surface area contributed by atoms with Crippen LogP contribution in [0.25, 0.3) is 0 Å². The van der Waals surface area contributed by atoms with Crippen LogP contribution in [0.5, 0.6) is 5.88 Å². The van der Waals surface area contributed by atoms with Crippen LogP contribution in [-0.4, -0.2) is 36.1 Å². The van der Waals surface area contributed by atoms with Gasteiger partial charge < -0.3 is 16.2 Å². The molecule has 1 fully saturated rings. The highest BCUT2D eigenvalue weighted by Crippen LogP contribution is 2.16. The lowest BCUT2D eigenvalue weighted by Gasteiger charge is -2.14. The molecule has 16 heavy (non-hydrogen) atoms. The normalized spacial score (nSPS) is 16.5. The maximum Gasteiger partial charge on any atom is 0.215 e. The minimum atomic E-state index is 0.332. The Balaban J connectivity index is 1.78. The maximum atomic E-state index is 5.59. The second kappa shape index (κ2) is 5.03. The molecule has 0 amide bonds. The number of pyridine rings is 1. The molecule has 0 spiro atoms. The van der Waals surface area contributed by atoms with Crippen molar-refractivity contribution in [1.82, 2.24) is 9.88 Å². The SMILES string of the molecule is Nc1ccc(OCCN2CCCC2)nc1N. The van der Waals surface area contributed by atoms with Gasteiger partial charge in [0.05, 0.1) is 5.69 Å². The molecule has 1 aliphatic rings. The van der Waals surface area contributed by atoms with E-state index in [1.54, 1.807) is 12.1 Å². The third-order valence-electron chi connectivity index (χ3n) is 2.79. The molecule has 0 aromatic carbocycles. The zero-order valence-electron chi connectivity index (χ0n) is 9.35. The molecule has 1 aromatic heterocycles. The molecule has 0 bridgehead atoms. The molecule has 88 valence electrons. The van der Waals surface area contributed by atoms with Crippen LogP contribution in [0.3, 0.4) is 0 Å². The number of ether oxygens (including phenoxy) is 1. The average Bonchev–Trinajstić information content (AvgIpc) is 2.76. The van der Waals surface area contributed by atoms with Crippen LogP contribution in [-0.2, 0) is 0 Å². The van der Waals surface area contributed by atoms with Crippen molar-refractivity contribution in [1.29, 1.82) is 0 Å². The number of nitrogens with zero attached hydrogens (tertiary/aromatic N) is 2. The number of nitrogen functional groups attached to an aromatic ring is 2. The van der Waals surface area contributed by atoms with E-state index in [9.17, 15) is 0 Å². The largest absolute Gasteiger partial charge is 0.476 e. The van der Waals surface area contributed by atoms with Crippen molar-refractivity contribution in [2.24, 2.45) is 0 Å². The molecule has 5 nitrogen and oxygen atoms in total. The molecule has 0 radical (unpaired) electrons. The summed E-state index contributed by atoms with van der Waals surface area (Å²) in [5.74, 6) is 0.879. The van der Waals surface area contributed by atoms with Crippen molar-refractivity contribution < 1.29 is 4.74 Å². The minimum Gasteiger partial charge on any atom is -0.476 e. The fraction of sp³-hybridized carbons (Fsp3) is 0.545. The summed E-state index contributed by atoms with van der Waals surface area (Å²) in [6, 6.07) is 3.46. The first kappa shape index (κ1) is 11.0. The molecule has 2 heterocycles. The predicted octanol–water partition coefficient (Wildman–Crippen LogP) is 0.721. The summed E-state index contributed by atoms with van der Waals surface area (Å²) in [7, 11) is 0. The first-order valence-electron chi connectivity index (χ1n) is 5.63. The van der Waals surface area contributed by atoms with Gasteiger partial charge in [0, 0.05) is 12.6 Å². The number of rotatable bonds is 4. The van der Waals surface area contributed by atoms with Crippen molar-refractivity contribution in [3.63, 3.8) is 0 Å². The van der Waals surface area contributed by atoms with Crippen LogP contribution in [0.4, 0.5) is 11.5 Å². The molecule has 1 saturated heterocycles. The molecular formula is C11H18N4O. The molecule has 1 aliphatic heterocycles. The fourth-order valence-corrected chi connectivity index (χ4v) is 1.83. The summed E-state index contributed by atoms with van der Waals surface area (Å²) in [6.07, 6.45) is 2.60. The highest BCUT2D eigenvalue weighted by atomic mass is 16.5. The number of likely N-dealkylation sites (tertiary alicyclic amines) is 1. The van der Waals surface area contributed by atoms with E-state index in [0.29, 0.717) is 24.0 Å². The van der Waals surface area contributed by atoms with Gasteiger partial charge in [0.25, 0.3) is 0 Å². The topological polar surface area (TPSA) is 77.4 Å². The summed E-state index contributed by atoms with van der Waals surface area (Å²) >= 11 is 0. The van der Waals surface area contributed by atoms with E-state index >= 15 is 0 Å². The first-order valence-corrected chi connectivity index (χ1v) is 5.63. The zero-order chi connectivity index (χ0) is 11.4. The van der Waals surface area contributed by atoms with Crippen LogP contribution in [0, 0.1) is 0 Å². The summed E-state index contributed by atoms with van der Waals surface area (Å²) < 4.78 is 5.52. The van der Waals surface area contributed by atoms with Gasteiger partial charge in [0.1, 0.15) is 6.61 Å². The lowest BCUT2D eigenvalue weighted by atomic mass is 10.4. The van der Waals surface area contributed by atoms with E-state index in [1.807, 2.05) is 0 Å². The van der Waals surface area contributed by atoms with Gasteiger partial charge in [0.2, 0.25) is 5.88 Å². The average molecular weight is 222 g/mol. The van der Waals surface area contributed by atoms with E-state index in [-0.39, 0.29) is 0 Å². The van der Waals surface area contributed by atoms with E-state index in [4.69, 9.17) is 16.2 Å². The van der Waals surface area contributed by atoms with E-state index < -0.39 is 0 Å². The van der Waals surface area contributed by atoms with Crippen LogP contribution in [0.1, 0.15) is 12.8 Å². The van der Waals surface area contributed by atoms with E-state index in [2.05, 4.69) is 9.88 Å². The quantitative estimate of drug-likeness (QED) is 0.785. The molecule has 5 heteroatoms. The Morgan fingerprint density at radius 2 is 2.00 bits per heavy atom. The van der Waals surface area contributed by atoms with Gasteiger partial charge in [-0.25, -0.2) is 0 Å². The molecular weight excluding hydrogens is 204 g/mol. The van der Waals surface area contributed by atoms with Crippen molar-refractivity contribution in [3.05, 3.63) is 12.1 Å². The van der Waals surface area contributed by atoms with E-state index in [1.165, 1.54) is 25.9 Å². The Labute approximate surface area is 95.4 Å². The molecule has 0 aliphatic carbocycles. The first-order chi connectivity index (χ1) is 7.75. The molecule has 1 aromatic rings. The van der Waals surface area contributed by atoms with Gasteiger partial charge in [-0.3, -0.25) is 4.90 Å². The van der Waals surface area contributed by atoms with Crippen molar-refractivity contribution in [2.75, 3.05) is 37.7 Å². The van der Waals surface area contributed by atoms with Gasteiger partial charge in [-0.05, 0) is 32.0 Å². The monoisotopic (exact) mass is 222 g/mol. The number of anilines is 2. The summed E-state index contributed by atoms with van der Waals surface area (Å²) in [6.45, 7) is 3.96. The predicted molar refractivity (Wildman–Crippen MR) is 64.2 cm³/mol. The van der Waals surface area contributed by atoms with Gasteiger partial charge in [-0.1, -0.05) is 0 Å². The summed E-state index contributed by atoms with van der Waals surface area (Å²) in [5.41, 5.74) is 11.6. The number of hydrogen-bond donors (Lipinski definition) is 2. The van der Waals surface area contributed by atoms with Crippen LogP contribution in [0.2, 0.25) is 0 Å². The second-order valence-corrected chi connectivity index (χ2v) is 4.02. The lowest BCUT2D eigenvalue weighted by Crippen LogP contribution is -2.25. The molecule has 0 saturated carbocycles. The maximum absolute atomic E-state index is 5.59. The standard InChI is InChI=1S/C11H18N4O/c12-9-3-4-10(14-11(9)13)16-8-7-15-5-1-2-6-15/h3-4H,1-2,5-8,12H2,(H2,13,14). The van der Waals surface area contributed by atoms with Crippen molar-refractivity contribution >= 4 is 11.5 Å². The Kier molecular flexibility index (Phi) is 3.46. The Morgan fingerprint density at radius 3 is 2.69 bits per heavy atom. The van der Waals surface area contributed by atoms with Gasteiger partial charge in [-0.2, -0.15) is 4.98 Å². The summed E-state index contributed by atoms with van der Waals surface area (Å²) in [5, 5.41) is 0. The van der Waals surface area contributed by atoms with E-state index in [0.717, 1.165) is 6.54 Å². The van der Waals surface area contributed by atoms with Crippen LogP contribution >= 0.6 is 0 Å². The minimum absolute atomic E-state index is 0.332. The molecule has 2 rings (SSSR count).